The van der Waals surface area contributed by atoms with Gasteiger partial charge in [0.05, 0.1) is 11.7 Å². The van der Waals surface area contributed by atoms with E-state index in [0.29, 0.717) is 30.6 Å². The third kappa shape index (κ3) is 4.44. The Kier molecular flexibility index (Phi) is 5.52. The van der Waals surface area contributed by atoms with Gasteiger partial charge in [-0.05, 0) is 37.5 Å². The van der Waals surface area contributed by atoms with Crippen LogP contribution >= 0.6 is 0 Å². The van der Waals surface area contributed by atoms with E-state index in [-0.39, 0.29) is 17.9 Å². The van der Waals surface area contributed by atoms with Gasteiger partial charge in [0.2, 0.25) is 0 Å². The second-order valence-electron chi connectivity index (χ2n) is 5.08. The van der Waals surface area contributed by atoms with Crippen LogP contribution in [0.15, 0.2) is 24.5 Å². The van der Waals surface area contributed by atoms with Gasteiger partial charge >= 0.3 is 6.03 Å². The number of hydrogen-bond acceptors (Lipinski definition) is 5. The SMILES string of the molecule is C[C@H](NC(=O)NCCCc1[nH]nc(N)c1C#N)c1ccncc1. The Hall–Kier alpha value is -3.08. The number of carbonyl (C=O) groups excluding carboxylic acids is 1. The normalized spacial score (nSPS) is 11.5. The summed E-state index contributed by atoms with van der Waals surface area (Å²) in [6.07, 6.45) is 4.64. The maximum Gasteiger partial charge on any atom is 0.315 e. The van der Waals surface area contributed by atoms with Gasteiger partial charge in [0.25, 0.3) is 0 Å². The van der Waals surface area contributed by atoms with Gasteiger partial charge in [-0.3, -0.25) is 10.1 Å². The number of hydrogen-bond donors (Lipinski definition) is 4. The van der Waals surface area contributed by atoms with Crippen molar-refractivity contribution in [3.63, 3.8) is 0 Å². The summed E-state index contributed by atoms with van der Waals surface area (Å²) in [5, 5.41) is 21.1. The average molecular weight is 313 g/mol. The molecule has 5 N–H and O–H groups in total. The number of aromatic nitrogens is 3. The first-order chi connectivity index (χ1) is 11.1. The van der Waals surface area contributed by atoms with Gasteiger partial charge in [0.1, 0.15) is 11.6 Å². The Morgan fingerprint density at radius 2 is 2.22 bits per heavy atom. The summed E-state index contributed by atoms with van der Waals surface area (Å²) in [5.41, 5.74) is 7.62. The molecule has 0 fully saturated rings. The van der Waals surface area contributed by atoms with E-state index in [1.54, 1.807) is 12.4 Å². The summed E-state index contributed by atoms with van der Waals surface area (Å²) in [6, 6.07) is 5.39. The highest BCUT2D eigenvalue weighted by atomic mass is 16.2. The van der Waals surface area contributed by atoms with Gasteiger partial charge in [-0.25, -0.2) is 4.79 Å². The summed E-state index contributed by atoms with van der Waals surface area (Å²) in [4.78, 5) is 15.8. The number of nitriles is 1. The fourth-order valence-corrected chi connectivity index (χ4v) is 2.15. The zero-order valence-corrected chi connectivity index (χ0v) is 12.8. The van der Waals surface area contributed by atoms with Crippen molar-refractivity contribution >= 4 is 11.8 Å². The molecular formula is C15H19N7O. The third-order valence-electron chi connectivity index (χ3n) is 3.42. The van der Waals surface area contributed by atoms with E-state index in [2.05, 4.69) is 25.8 Å². The lowest BCUT2D eigenvalue weighted by Gasteiger charge is -2.14. The molecule has 120 valence electrons. The van der Waals surface area contributed by atoms with E-state index >= 15 is 0 Å². The molecule has 0 radical (unpaired) electrons. The topological polar surface area (TPSA) is 133 Å². The molecule has 2 aromatic rings. The van der Waals surface area contributed by atoms with Crippen molar-refractivity contribution in [3.05, 3.63) is 41.3 Å². The molecule has 1 atom stereocenters. The lowest BCUT2D eigenvalue weighted by atomic mass is 10.1. The van der Waals surface area contributed by atoms with E-state index in [1.165, 1.54) is 0 Å². The van der Waals surface area contributed by atoms with Crippen LogP contribution in [0.25, 0.3) is 0 Å². The number of anilines is 1. The first-order valence-electron chi connectivity index (χ1n) is 7.29. The summed E-state index contributed by atoms with van der Waals surface area (Å²) < 4.78 is 0. The van der Waals surface area contributed by atoms with E-state index in [1.807, 2.05) is 25.1 Å². The van der Waals surface area contributed by atoms with Crippen LogP contribution in [0.3, 0.4) is 0 Å². The summed E-state index contributed by atoms with van der Waals surface area (Å²) in [5.74, 6) is 0.208. The van der Waals surface area contributed by atoms with E-state index in [4.69, 9.17) is 11.0 Å². The Morgan fingerprint density at radius 1 is 1.48 bits per heavy atom. The van der Waals surface area contributed by atoms with Gasteiger partial charge in [0.15, 0.2) is 5.82 Å². The molecule has 0 spiro atoms. The van der Waals surface area contributed by atoms with E-state index in [9.17, 15) is 4.79 Å². The highest BCUT2D eigenvalue weighted by Gasteiger charge is 2.11. The maximum atomic E-state index is 11.8. The first kappa shape index (κ1) is 16.3. The molecule has 2 heterocycles. The molecule has 2 aromatic heterocycles. The second kappa shape index (κ2) is 7.79. The van der Waals surface area contributed by atoms with Crippen LogP contribution in [0.4, 0.5) is 10.6 Å². The predicted octanol–water partition coefficient (Wildman–Crippen LogP) is 1.25. The van der Waals surface area contributed by atoms with Crippen LogP contribution in [-0.4, -0.2) is 27.8 Å². The Bertz CT molecular complexity index is 690. The van der Waals surface area contributed by atoms with Crippen molar-refractivity contribution < 1.29 is 4.79 Å². The molecule has 0 unspecified atom stereocenters. The third-order valence-corrected chi connectivity index (χ3v) is 3.42. The minimum atomic E-state index is -0.237. The summed E-state index contributed by atoms with van der Waals surface area (Å²) >= 11 is 0. The van der Waals surface area contributed by atoms with Crippen molar-refractivity contribution in [2.24, 2.45) is 0 Å². The van der Waals surface area contributed by atoms with Crippen LogP contribution in [0.2, 0.25) is 0 Å². The fraction of sp³-hybridized carbons (Fsp3) is 0.333. The van der Waals surface area contributed by atoms with Crippen LogP contribution < -0.4 is 16.4 Å². The highest BCUT2D eigenvalue weighted by Crippen LogP contribution is 2.13. The molecule has 2 amide bonds. The minimum Gasteiger partial charge on any atom is -0.381 e. The zero-order chi connectivity index (χ0) is 16.7. The van der Waals surface area contributed by atoms with E-state index in [0.717, 1.165) is 5.56 Å². The van der Waals surface area contributed by atoms with Crippen LogP contribution in [0, 0.1) is 11.3 Å². The number of pyridine rings is 1. The van der Waals surface area contributed by atoms with Gasteiger partial charge < -0.3 is 16.4 Å². The molecule has 8 nitrogen and oxygen atoms in total. The van der Waals surface area contributed by atoms with Crippen molar-refractivity contribution in [1.29, 1.82) is 5.26 Å². The number of aryl methyl sites for hydroxylation is 1. The highest BCUT2D eigenvalue weighted by molar-refractivity contribution is 5.74. The number of rotatable bonds is 6. The number of amides is 2. The lowest BCUT2D eigenvalue weighted by molar-refractivity contribution is 0.238. The molecule has 0 saturated carbocycles. The maximum absolute atomic E-state index is 11.8. The van der Waals surface area contributed by atoms with Gasteiger partial charge in [-0.1, -0.05) is 0 Å². The van der Waals surface area contributed by atoms with Crippen molar-refractivity contribution in [2.45, 2.75) is 25.8 Å². The molecule has 23 heavy (non-hydrogen) atoms. The largest absolute Gasteiger partial charge is 0.381 e. The smallest absolute Gasteiger partial charge is 0.315 e. The average Bonchev–Trinajstić information content (AvgIpc) is 2.92. The molecule has 0 aliphatic heterocycles. The minimum absolute atomic E-state index is 0.101. The number of nitrogens with one attached hydrogen (secondary N) is 3. The van der Waals surface area contributed by atoms with Crippen LogP contribution in [-0.2, 0) is 6.42 Å². The Balaban J connectivity index is 1.72. The number of H-pyrrole nitrogens is 1. The van der Waals surface area contributed by atoms with Crippen molar-refractivity contribution in [1.82, 2.24) is 25.8 Å². The molecule has 2 rings (SSSR count). The molecule has 0 aliphatic rings. The summed E-state index contributed by atoms with van der Waals surface area (Å²) in [6.45, 7) is 2.39. The van der Waals surface area contributed by atoms with Crippen molar-refractivity contribution in [2.75, 3.05) is 12.3 Å². The monoisotopic (exact) mass is 313 g/mol. The second-order valence-corrected chi connectivity index (χ2v) is 5.08. The Labute approximate surface area is 134 Å². The molecule has 0 aliphatic carbocycles. The van der Waals surface area contributed by atoms with Crippen molar-refractivity contribution in [3.8, 4) is 6.07 Å². The molecule has 8 heteroatoms. The molecular weight excluding hydrogens is 294 g/mol. The van der Waals surface area contributed by atoms with Crippen LogP contribution in [0.1, 0.15) is 36.2 Å². The molecule has 0 aromatic carbocycles. The number of aromatic amines is 1. The fourth-order valence-electron chi connectivity index (χ4n) is 2.15. The Morgan fingerprint density at radius 3 is 2.91 bits per heavy atom. The molecule has 0 bridgehead atoms. The predicted molar refractivity (Wildman–Crippen MR) is 85.2 cm³/mol. The quantitative estimate of drug-likeness (QED) is 0.596. The standard InChI is InChI=1S/C15H19N7O/c1-10(11-4-7-18-8-5-11)20-15(23)19-6-2-3-13-12(9-16)14(17)22-21-13/h4-5,7-8,10H,2-3,6H2,1H3,(H3,17,21,22)(H2,19,20,23)/t10-/m0/s1. The zero-order valence-electron chi connectivity index (χ0n) is 12.8. The van der Waals surface area contributed by atoms with E-state index < -0.39 is 0 Å². The van der Waals surface area contributed by atoms with Gasteiger partial charge in [-0.15, -0.1) is 0 Å². The lowest BCUT2D eigenvalue weighted by Crippen LogP contribution is -2.37. The number of nitrogen functional groups attached to an aromatic ring is 1. The number of nitrogens with two attached hydrogens (primary N) is 1. The number of carbonyl (C=O) groups is 1. The first-order valence-corrected chi connectivity index (χ1v) is 7.29. The molecule has 0 saturated heterocycles. The van der Waals surface area contributed by atoms with Gasteiger partial charge in [0, 0.05) is 18.9 Å². The van der Waals surface area contributed by atoms with Gasteiger partial charge in [-0.2, -0.15) is 10.4 Å². The summed E-state index contributed by atoms with van der Waals surface area (Å²) in [7, 11) is 0. The number of urea groups is 1. The van der Waals surface area contributed by atoms with Crippen LogP contribution in [0.5, 0.6) is 0 Å². The number of nitrogens with zero attached hydrogens (tertiary/aromatic N) is 3.